The molecule has 4 aromatic rings. The number of aromatic nitrogens is 2. The average molecular weight is 405 g/mol. The number of nitrogens with zero attached hydrogens (tertiary/aromatic N) is 3. The molecule has 0 aliphatic heterocycles. The van der Waals surface area contributed by atoms with Gasteiger partial charge in [0.05, 0.1) is 17.3 Å². The lowest BCUT2D eigenvalue weighted by atomic mass is 10.0. The third-order valence-corrected chi connectivity index (χ3v) is 5.31. The Bertz CT molecular complexity index is 1200. The molecular formula is C27H24N4. The maximum Gasteiger partial charge on any atom is 0.0991 e. The Morgan fingerprint density at radius 1 is 0.806 bits per heavy atom. The first-order valence-corrected chi connectivity index (χ1v) is 10.4. The molecule has 0 fully saturated rings. The molecule has 2 aromatic carbocycles. The van der Waals surface area contributed by atoms with Crippen LogP contribution in [0.1, 0.15) is 35.2 Å². The highest BCUT2D eigenvalue weighted by Crippen LogP contribution is 2.25. The van der Waals surface area contributed by atoms with Gasteiger partial charge in [-0.15, -0.1) is 0 Å². The smallest absolute Gasteiger partial charge is 0.0991 e. The second kappa shape index (κ2) is 9.69. The van der Waals surface area contributed by atoms with Crippen LogP contribution in [0.25, 0.3) is 11.1 Å². The summed E-state index contributed by atoms with van der Waals surface area (Å²) in [4.78, 5) is 8.87. The minimum atomic E-state index is 0.187. The van der Waals surface area contributed by atoms with E-state index in [0.29, 0.717) is 5.56 Å². The summed E-state index contributed by atoms with van der Waals surface area (Å²) in [5.74, 6) is 0. The number of rotatable bonds is 7. The third-order valence-electron chi connectivity index (χ3n) is 5.31. The lowest BCUT2D eigenvalue weighted by Gasteiger charge is -2.16. The molecule has 0 aliphatic rings. The van der Waals surface area contributed by atoms with Crippen LogP contribution in [0.5, 0.6) is 0 Å². The monoisotopic (exact) mass is 404 g/mol. The lowest BCUT2D eigenvalue weighted by Crippen LogP contribution is -2.06. The van der Waals surface area contributed by atoms with Gasteiger partial charge in [-0.05, 0) is 60.7 Å². The second-order valence-electron chi connectivity index (χ2n) is 7.63. The summed E-state index contributed by atoms with van der Waals surface area (Å²) in [5, 5.41) is 12.6. The lowest BCUT2D eigenvalue weighted by molar-refractivity contribution is 0.883. The fourth-order valence-corrected chi connectivity index (χ4v) is 3.62. The Morgan fingerprint density at radius 3 is 2.35 bits per heavy atom. The molecule has 4 nitrogen and oxygen atoms in total. The largest absolute Gasteiger partial charge is 0.377 e. The quantitative estimate of drug-likeness (QED) is 0.412. The summed E-state index contributed by atoms with van der Waals surface area (Å²) >= 11 is 0. The van der Waals surface area contributed by atoms with Crippen molar-refractivity contribution in [2.75, 3.05) is 5.32 Å². The molecule has 152 valence electrons. The predicted molar refractivity (Wildman–Crippen MR) is 125 cm³/mol. The van der Waals surface area contributed by atoms with Crippen molar-refractivity contribution in [3.63, 3.8) is 0 Å². The molecular weight excluding hydrogens is 380 g/mol. The molecule has 31 heavy (non-hydrogen) atoms. The van der Waals surface area contributed by atoms with Gasteiger partial charge in [-0.1, -0.05) is 42.5 Å². The average Bonchev–Trinajstić information content (AvgIpc) is 2.84. The van der Waals surface area contributed by atoms with Crippen LogP contribution in [0.3, 0.4) is 0 Å². The highest BCUT2D eigenvalue weighted by Gasteiger charge is 2.07. The first-order chi connectivity index (χ1) is 15.2. The maximum atomic E-state index is 9.08. The van der Waals surface area contributed by atoms with Crippen molar-refractivity contribution in [2.24, 2.45) is 0 Å². The normalized spacial score (nSPS) is 11.5. The molecule has 0 saturated carbocycles. The van der Waals surface area contributed by atoms with Crippen LogP contribution in [-0.2, 0) is 12.8 Å². The number of pyridine rings is 2. The van der Waals surface area contributed by atoms with Crippen molar-refractivity contribution in [1.29, 1.82) is 5.26 Å². The van der Waals surface area contributed by atoms with Crippen LogP contribution in [0.2, 0.25) is 0 Å². The summed E-state index contributed by atoms with van der Waals surface area (Å²) in [6.07, 6.45) is 9.24. The molecule has 0 spiro atoms. The number of anilines is 1. The highest BCUT2D eigenvalue weighted by atomic mass is 14.9. The Kier molecular flexibility index (Phi) is 6.35. The number of hydrogen-bond donors (Lipinski definition) is 1. The Labute approximate surface area is 183 Å². The molecule has 0 bridgehead atoms. The fourth-order valence-electron chi connectivity index (χ4n) is 3.62. The number of hydrogen-bond acceptors (Lipinski definition) is 4. The number of nitriles is 1. The third kappa shape index (κ3) is 5.34. The molecule has 2 heterocycles. The predicted octanol–water partition coefficient (Wildman–Crippen LogP) is 5.97. The fraction of sp³-hybridized carbons (Fsp3) is 0.148. The number of nitrogens with one attached hydrogen (secondary N) is 1. The zero-order chi connectivity index (χ0) is 21.5. The van der Waals surface area contributed by atoms with E-state index in [1.165, 1.54) is 5.56 Å². The first kappa shape index (κ1) is 20.3. The molecule has 1 atom stereocenters. The van der Waals surface area contributed by atoms with Crippen LogP contribution in [0.15, 0.2) is 91.5 Å². The van der Waals surface area contributed by atoms with Crippen molar-refractivity contribution in [3.05, 3.63) is 114 Å². The second-order valence-corrected chi connectivity index (χ2v) is 7.63. The van der Waals surface area contributed by atoms with Crippen molar-refractivity contribution in [3.8, 4) is 17.2 Å². The van der Waals surface area contributed by atoms with Gasteiger partial charge in [0.2, 0.25) is 0 Å². The molecule has 0 amide bonds. The van der Waals surface area contributed by atoms with Crippen LogP contribution in [0.4, 0.5) is 5.69 Å². The van der Waals surface area contributed by atoms with Crippen LogP contribution < -0.4 is 5.32 Å². The molecule has 0 saturated heterocycles. The van der Waals surface area contributed by atoms with Gasteiger partial charge in [0.25, 0.3) is 0 Å². The van der Waals surface area contributed by atoms with Crippen LogP contribution in [-0.4, -0.2) is 9.97 Å². The van der Waals surface area contributed by atoms with E-state index in [0.717, 1.165) is 40.8 Å². The highest BCUT2D eigenvalue weighted by molar-refractivity contribution is 5.66. The maximum absolute atomic E-state index is 9.08. The van der Waals surface area contributed by atoms with Gasteiger partial charge in [0.1, 0.15) is 0 Å². The zero-order valence-electron chi connectivity index (χ0n) is 17.5. The van der Waals surface area contributed by atoms with E-state index in [9.17, 15) is 0 Å². The van der Waals surface area contributed by atoms with Gasteiger partial charge < -0.3 is 5.32 Å². The number of aryl methyl sites for hydroxylation is 2. The topological polar surface area (TPSA) is 61.6 Å². The molecule has 0 radical (unpaired) electrons. The summed E-state index contributed by atoms with van der Waals surface area (Å²) in [5.41, 5.74) is 7.31. The van der Waals surface area contributed by atoms with Gasteiger partial charge in [-0.25, -0.2) is 0 Å². The van der Waals surface area contributed by atoms with Gasteiger partial charge in [0, 0.05) is 42.0 Å². The van der Waals surface area contributed by atoms with Gasteiger partial charge in [0.15, 0.2) is 0 Å². The summed E-state index contributed by atoms with van der Waals surface area (Å²) in [6.45, 7) is 2.14. The molecule has 1 N–H and O–H groups in total. The van der Waals surface area contributed by atoms with E-state index < -0.39 is 0 Å². The van der Waals surface area contributed by atoms with Gasteiger partial charge in [-0.2, -0.15) is 5.26 Å². The standard InChI is InChI=1S/C27H24N4/c1-20(24-8-3-2-4-9-24)31-27-14-26(18-30-19-27)25-13-23(16-29-17-25)11-10-21-6-5-7-22(12-21)15-28/h2-9,12-14,16-20,31H,10-11H2,1H3/t20-/m0/s1. The molecule has 4 rings (SSSR count). The van der Waals surface area contributed by atoms with E-state index in [2.05, 4.69) is 70.7 Å². The minimum Gasteiger partial charge on any atom is -0.377 e. The van der Waals surface area contributed by atoms with Crippen molar-refractivity contribution in [1.82, 2.24) is 9.97 Å². The van der Waals surface area contributed by atoms with Crippen molar-refractivity contribution < 1.29 is 0 Å². The van der Waals surface area contributed by atoms with Crippen LogP contribution >= 0.6 is 0 Å². The van der Waals surface area contributed by atoms with Crippen molar-refractivity contribution >= 4 is 5.69 Å². The van der Waals surface area contributed by atoms with E-state index in [1.54, 1.807) is 0 Å². The van der Waals surface area contributed by atoms with E-state index in [1.807, 2.05) is 49.1 Å². The summed E-state index contributed by atoms with van der Waals surface area (Å²) in [7, 11) is 0. The van der Waals surface area contributed by atoms with Crippen molar-refractivity contribution in [2.45, 2.75) is 25.8 Å². The zero-order valence-corrected chi connectivity index (χ0v) is 17.5. The Hall–Kier alpha value is -3.97. The SMILES string of the molecule is C[C@H](Nc1cncc(-c2cncc(CCc3cccc(C#N)c3)c2)c1)c1ccccc1. The minimum absolute atomic E-state index is 0.187. The number of benzene rings is 2. The van der Waals surface area contributed by atoms with Crippen LogP contribution in [0, 0.1) is 11.3 Å². The van der Waals surface area contributed by atoms with Gasteiger partial charge >= 0.3 is 0 Å². The van der Waals surface area contributed by atoms with E-state index in [4.69, 9.17) is 5.26 Å². The van der Waals surface area contributed by atoms with E-state index >= 15 is 0 Å². The molecule has 4 heteroatoms. The van der Waals surface area contributed by atoms with E-state index in [-0.39, 0.29) is 6.04 Å². The molecule has 2 aromatic heterocycles. The summed E-state index contributed by atoms with van der Waals surface area (Å²) < 4.78 is 0. The summed E-state index contributed by atoms with van der Waals surface area (Å²) in [6, 6.07) is 24.8. The first-order valence-electron chi connectivity index (χ1n) is 10.4. The molecule has 0 aliphatic carbocycles. The Morgan fingerprint density at radius 2 is 1.55 bits per heavy atom. The molecule has 0 unspecified atom stereocenters. The Balaban J connectivity index is 1.47. The van der Waals surface area contributed by atoms with Gasteiger partial charge in [-0.3, -0.25) is 9.97 Å².